The molecule has 2 saturated heterocycles. The summed E-state index contributed by atoms with van der Waals surface area (Å²) in [6, 6.07) is 5.37. The molecule has 0 saturated carbocycles. The molecule has 1 N–H and O–H groups in total. The van der Waals surface area contributed by atoms with Gasteiger partial charge in [0.15, 0.2) is 16.6 Å². The molecule has 5 heterocycles. The Hall–Kier alpha value is -2.46. The Morgan fingerprint density at radius 3 is 2.83 bits per heavy atom. The van der Waals surface area contributed by atoms with Crippen molar-refractivity contribution in [3.8, 4) is 11.5 Å². The maximum atomic E-state index is 13.5. The van der Waals surface area contributed by atoms with Crippen molar-refractivity contribution in [3.63, 3.8) is 0 Å². The summed E-state index contributed by atoms with van der Waals surface area (Å²) in [5.41, 5.74) is 1.14. The van der Waals surface area contributed by atoms with Gasteiger partial charge in [0.1, 0.15) is 0 Å². The number of anilines is 1. The normalized spacial score (nSPS) is 26.1. The Labute approximate surface area is 175 Å². The molecule has 4 aliphatic rings. The molecule has 1 aromatic heterocycles. The SMILES string of the molecule is O=C(c1cccc2c1OC(F)(F)O2)N1CCc2nc(N3C4CCC3CNC4)sc2C1. The second kappa shape index (κ2) is 6.52. The van der Waals surface area contributed by atoms with E-state index in [0.717, 1.165) is 28.8 Å². The third kappa shape index (κ3) is 2.84. The molecule has 4 aliphatic heterocycles. The zero-order valence-corrected chi connectivity index (χ0v) is 16.9. The summed E-state index contributed by atoms with van der Waals surface area (Å²) in [5, 5.41) is 4.52. The van der Waals surface area contributed by atoms with Gasteiger partial charge in [-0.25, -0.2) is 4.98 Å². The van der Waals surface area contributed by atoms with Crippen LogP contribution in [0.3, 0.4) is 0 Å². The van der Waals surface area contributed by atoms with E-state index in [-0.39, 0.29) is 23.0 Å². The Bertz CT molecular complexity index is 1010. The van der Waals surface area contributed by atoms with Gasteiger partial charge in [-0.2, -0.15) is 0 Å². The lowest BCUT2D eigenvalue weighted by Crippen LogP contribution is -2.51. The first-order valence-corrected chi connectivity index (χ1v) is 11.0. The maximum absolute atomic E-state index is 13.5. The number of benzene rings is 1. The van der Waals surface area contributed by atoms with Gasteiger partial charge in [-0.3, -0.25) is 4.79 Å². The number of nitrogens with one attached hydrogen (secondary N) is 1. The molecule has 7 nitrogen and oxygen atoms in total. The highest BCUT2D eigenvalue weighted by atomic mass is 32.1. The van der Waals surface area contributed by atoms with E-state index in [1.54, 1.807) is 16.2 Å². The van der Waals surface area contributed by atoms with Crippen LogP contribution in [0.2, 0.25) is 0 Å². The fourth-order valence-electron chi connectivity index (χ4n) is 4.86. The number of alkyl halides is 2. The van der Waals surface area contributed by atoms with Crippen molar-refractivity contribution in [1.82, 2.24) is 15.2 Å². The van der Waals surface area contributed by atoms with Crippen molar-refractivity contribution >= 4 is 22.4 Å². The topological polar surface area (TPSA) is 66.9 Å². The van der Waals surface area contributed by atoms with E-state index in [9.17, 15) is 13.6 Å². The summed E-state index contributed by atoms with van der Waals surface area (Å²) in [5.74, 6) is -0.644. The van der Waals surface area contributed by atoms with Gasteiger partial charge in [-0.15, -0.1) is 8.78 Å². The average molecular weight is 434 g/mol. The molecule has 2 fully saturated rings. The van der Waals surface area contributed by atoms with E-state index < -0.39 is 6.29 Å². The summed E-state index contributed by atoms with van der Waals surface area (Å²) in [4.78, 5) is 23.2. The minimum Gasteiger partial charge on any atom is -0.395 e. The van der Waals surface area contributed by atoms with Crippen LogP contribution in [0.5, 0.6) is 11.5 Å². The molecule has 1 aromatic carbocycles. The van der Waals surface area contributed by atoms with Gasteiger partial charge in [0.2, 0.25) is 0 Å². The monoisotopic (exact) mass is 434 g/mol. The number of amides is 1. The largest absolute Gasteiger partial charge is 0.586 e. The van der Waals surface area contributed by atoms with E-state index in [1.165, 1.54) is 31.0 Å². The molecule has 6 rings (SSSR count). The zero-order chi connectivity index (χ0) is 20.5. The lowest BCUT2D eigenvalue weighted by atomic mass is 10.1. The Morgan fingerprint density at radius 2 is 2.03 bits per heavy atom. The zero-order valence-electron chi connectivity index (χ0n) is 16.1. The van der Waals surface area contributed by atoms with Gasteiger partial charge >= 0.3 is 6.29 Å². The van der Waals surface area contributed by atoms with Gasteiger partial charge < -0.3 is 24.6 Å². The first kappa shape index (κ1) is 18.3. The van der Waals surface area contributed by atoms with Crippen LogP contribution in [0.25, 0.3) is 0 Å². The number of carbonyl (C=O) groups excluding carboxylic acids is 1. The van der Waals surface area contributed by atoms with Crippen molar-refractivity contribution in [3.05, 3.63) is 34.3 Å². The van der Waals surface area contributed by atoms with Gasteiger partial charge in [0.25, 0.3) is 5.91 Å². The number of rotatable bonds is 2. The van der Waals surface area contributed by atoms with Crippen LogP contribution in [0, 0.1) is 0 Å². The lowest BCUT2D eigenvalue weighted by molar-refractivity contribution is -0.286. The number of hydrogen-bond donors (Lipinski definition) is 1. The van der Waals surface area contributed by atoms with E-state index >= 15 is 0 Å². The molecule has 2 atom stereocenters. The summed E-state index contributed by atoms with van der Waals surface area (Å²) in [6.07, 6.45) is -0.735. The second-order valence-electron chi connectivity index (χ2n) is 8.09. The summed E-state index contributed by atoms with van der Waals surface area (Å²) in [7, 11) is 0. The molecule has 0 spiro atoms. The summed E-state index contributed by atoms with van der Waals surface area (Å²) >= 11 is 1.65. The number of ether oxygens (including phenoxy) is 2. The fourth-order valence-corrected chi connectivity index (χ4v) is 6.13. The van der Waals surface area contributed by atoms with Gasteiger partial charge in [-0.1, -0.05) is 17.4 Å². The molecule has 2 bridgehead atoms. The highest BCUT2D eigenvalue weighted by Gasteiger charge is 2.46. The van der Waals surface area contributed by atoms with Crippen molar-refractivity contribution < 1.29 is 23.0 Å². The molecule has 10 heteroatoms. The van der Waals surface area contributed by atoms with Crippen molar-refractivity contribution in [2.75, 3.05) is 24.5 Å². The van der Waals surface area contributed by atoms with Gasteiger partial charge in [-0.05, 0) is 25.0 Å². The van der Waals surface area contributed by atoms with Crippen LogP contribution in [-0.2, 0) is 13.0 Å². The molecule has 1 amide bonds. The fraction of sp³-hybridized carbons (Fsp3) is 0.500. The number of para-hydroxylation sites is 1. The number of nitrogens with zero attached hydrogens (tertiary/aromatic N) is 3. The van der Waals surface area contributed by atoms with E-state index in [0.29, 0.717) is 31.6 Å². The lowest BCUT2D eigenvalue weighted by Gasteiger charge is -2.35. The third-order valence-corrected chi connectivity index (χ3v) is 7.36. The Balaban J connectivity index is 1.24. The van der Waals surface area contributed by atoms with Crippen molar-refractivity contribution in [2.24, 2.45) is 0 Å². The molecular weight excluding hydrogens is 414 g/mol. The van der Waals surface area contributed by atoms with Crippen molar-refractivity contribution in [1.29, 1.82) is 0 Å². The maximum Gasteiger partial charge on any atom is 0.586 e. The van der Waals surface area contributed by atoms with Crippen LogP contribution in [0.15, 0.2) is 18.2 Å². The number of thiazole rings is 1. The van der Waals surface area contributed by atoms with E-state index in [4.69, 9.17) is 4.98 Å². The Morgan fingerprint density at radius 1 is 1.23 bits per heavy atom. The summed E-state index contributed by atoms with van der Waals surface area (Å²) < 4.78 is 36.0. The predicted octanol–water partition coefficient (Wildman–Crippen LogP) is 2.60. The van der Waals surface area contributed by atoms with E-state index in [1.807, 2.05) is 0 Å². The van der Waals surface area contributed by atoms with Gasteiger partial charge in [0, 0.05) is 43.0 Å². The van der Waals surface area contributed by atoms with Crippen molar-refractivity contribution in [2.45, 2.75) is 44.2 Å². The minimum atomic E-state index is -3.75. The van der Waals surface area contributed by atoms with Crippen LogP contribution < -0.4 is 19.7 Å². The van der Waals surface area contributed by atoms with E-state index in [2.05, 4.69) is 19.7 Å². The Kier molecular flexibility index (Phi) is 3.98. The van der Waals surface area contributed by atoms with Crippen LogP contribution in [0.4, 0.5) is 13.9 Å². The highest BCUT2D eigenvalue weighted by molar-refractivity contribution is 7.15. The highest BCUT2D eigenvalue weighted by Crippen LogP contribution is 2.44. The minimum absolute atomic E-state index is 0.0954. The summed E-state index contributed by atoms with van der Waals surface area (Å²) in [6.45, 7) is 2.88. The van der Waals surface area contributed by atoms with Gasteiger partial charge in [0.05, 0.1) is 17.8 Å². The average Bonchev–Trinajstić information content (AvgIpc) is 3.35. The smallest absolute Gasteiger partial charge is 0.395 e. The third-order valence-electron chi connectivity index (χ3n) is 6.27. The molecular formula is C20H20F2N4O3S. The van der Waals surface area contributed by atoms with Crippen LogP contribution >= 0.6 is 11.3 Å². The molecule has 0 aliphatic carbocycles. The molecule has 158 valence electrons. The standard InChI is InChI=1S/C20H20F2N4O3S/c21-20(22)28-15-3-1-2-13(17(15)29-20)18(27)25-7-6-14-16(10-25)30-19(24-14)26-11-4-5-12(26)9-23-8-11/h1-3,11-12,23H,4-10H2. The number of carbonyl (C=O) groups is 1. The second-order valence-corrected chi connectivity index (χ2v) is 9.16. The quantitative estimate of drug-likeness (QED) is 0.784. The number of halogens is 2. The molecule has 30 heavy (non-hydrogen) atoms. The molecule has 2 aromatic rings. The van der Waals surface area contributed by atoms with Crippen LogP contribution in [-0.4, -0.2) is 53.8 Å². The number of piperazine rings is 1. The number of aromatic nitrogens is 1. The predicted molar refractivity (Wildman–Crippen MR) is 105 cm³/mol. The van der Waals surface area contributed by atoms with Crippen LogP contribution in [0.1, 0.15) is 33.8 Å². The first-order valence-electron chi connectivity index (χ1n) is 10.1. The number of hydrogen-bond acceptors (Lipinski definition) is 7. The molecule has 2 unspecified atom stereocenters. The first-order chi connectivity index (χ1) is 14.5. The molecule has 0 radical (unpaired) electrons. The number of fused-ring (bicyclic) bond motifs is 4.